The van der Waals surface area contributed by atoms with Gasteiger partial charge in [0.1, 0.15) is 5.75 Å². The van der Waals surface area contributed by atoms with Crippen molar-refractivity contribution in [3.8, 4) is 5.75 Å². The van der Waals surface area contributed by atoms with Gasteiger partial charge in [0.05, 0.1) is 24.2 Å². The first kappa shape index (κ1) is 24.4. The van der Waals surface area contributed by atoms with Crippen LogP contribution in [0.1, 0.15) is 34.8 Å². The molecular weight excluding hydrogens is 420 g/mol. The van der Waals surface area contributed by atoms with Crippen LogP contribution in [0.25, 0.3) is 0 Å². The summed E-state index contributed by atoms with van der Waals surface area (Å²) in [6.45, 7) is 3.81. The Morgan fingerprint density at radius 2 is 1.81 bits per heavy atom. The van der Waals surface area contributed by atoms with Crippen molar-refractivity contribution in [3.63, 3.8) is 0 Å². The van der Waals surface area contributed by atoms with Crippen LogP contribution in [0, 0.1) is 6.92 Å². The molecule has 2 rings (SSSR count). The van der Waals surface area contributed by atoms with Gasteiger partial charge in [-0.1, -0.05) is 6.07 Å². The molecule has 1 amide bonds. The van der Waals surface area contributed by atoms with Gasteiger partial charge in [0.15, 0.2) is 0 Å². The third-order valence-electron chi connectivity index (χ3n) is 4.67. The highest BCUT2D eigenvalue weighted by atomic mass is 32.2. The molecule has 0 heterocycles. The minimum atomic E-state index is -3.60. The zero-order chi connectivity index (χ0) is 23.2. The van der Waals surface area contributed by atoms with Crippen LogP contribution in [0.2, 0.25) is 0 Å². The third-order valence-corrected chi connectivity index (χ3v) is 6.49. The normalized spacial score (nSPS) is 11.3. The fraction of sp³-hybridized carbons (Fsp3) is 0.364. The standard InChI is InChI=1S/C22H28N2O6S/c1-6-30-22(26)17-8-7-15(2)19(14-17)23-21(25)12-9-16-13-18(10-11-20(16)29-5)31(27,28)24(3)4/h7-8,10-11,13-14H,6,9,12H2,1-5H3,(H,23,25). The summed E-state index contributed by atoms with van der Waals surface area (Å²) in [6, 6.07) is 9.54. The number of ether oxygens (including phenoxy) is 2. The van der Waals surface area contributed by atoms with E-state index in [1.165, 1.54) is 33.3 Å². The Morgan fingerprint density at radius 3 is 2.42 bits per heavy atom. The number of sulfonamides is 1. The number of amides is 1. The maximum absolute atomic E-state index is 12.5. The number of aryl methyl sites for hydroxylation is 2. The zero-order valence-corrected chi connectivity index (χ0v) is 19.2. The molecule has 0 atom stereocenters. The number of methoxy groups -OCH3 is 1. The van der Waals surface area contributed by atoms with Crippen molar-refractivity contribution in [2.24, 2.45) is 0 Å². The lowest BCUT2D eigenvalue weighted by atomic mass is 10.1. The number of nitrogens with zero attached hydrogens (tertiary/aromatic N) is 1. The molecule has 0 saturated carbocycles. The quantitative estimate of drug-likeness (QED) is 0.592. The van der Waals surface area contributed by atoms with Crippen molar-refractivity contribution in [1.29, 1.82) is 0 Å². The number of esters is 1. The van der Waals surface area contributed by atoms with Crippen molar-refractivity contribution >= 4 is 27.6 Å². The van der Waals surface area contributed by atoms with E-state index < -0.39 is 16.0 Å². The number of rotatable bonds is 9. The summed E-state index contributed by atoms with van der Waals surface area (Å²) in [5, 5.41) is 2.80. The molecule has 168 valence electrons. The molecule has 0 aromatic heterocycles. The maximum atomic E-state index is 12.5. The lowest BCUT2D eigenvalue weighted by Gasteiger charge is -2.15. The first-order valence-electron chi connectivity index (χ1n) is 9.77. The fourth-order valence-corrected chi connectivity index (χ4v) is 3.83. The second-order valence-electron chi connectivity index (χ2n) is 7.06. The summed E-state index contributed by atoms with van der Waals surface area (Å²) in [7, 11) is 0.803. The van der Waals surface area contributed by atoms with Crippen molar-refractivity contribution in [2.75, 3.05) is 33.1 Å². The molecule has 31 heavy (non-hydrogen) atoms. The van der Waals surface area contributed by atoms with Gasteiger partial charge in [-0.2, -0.15) is 0 Å². The van der Waals surface area contributed by atoms with Crippen LogP contribution in [0.4, 0.5) is 5.69 Å². The molecule has 0 aliphatic rings. The lowest BCUT2D eigenvalue weighted by molar-refractivity contribution is -0.116. The number of carbonyl (C=O) groups is 2. The highest BCUT2D eigenvalue weighted by Crippen LogP contribution is 2.25. The molecule has 0 radical (unpaired) electrons. The Labute approximate surface area is 183 Å². The van der Waals surface area contributed by atoms with Gasteiger partial charge >= 0.3 is 5.97 Å². The third kappa shape index (κ3) is 6.05. The van der Waals surface area contributed by atoms with Gasteiger partial charge in [-0.25, -0.2) is 17.5 Å². The summed E-state index contributed by atoms with van der Waals surface area (Å²) in [5.74, 6) is -0.223. The zero-order valence-electron chi connectivity index (χ0n) is 18.4. The number of carbonyl (C=O) groups excluding carboxylic acids is 2. The average molecular weight is 449 g/mol. The molecule has 0 spiro atoms. The van der Waals surface area contributed by atoms with Gasteiger partial charge in [0.2, 0.25) is 15.9 Å². The van der Waals surface area contributed by atoms with E-state index in [0.29, 0.717) is 22.6 Å². The Kier molecular flexibility index (Phi) is 8.18. The molecule has 2 aromatic carbocycles. The van der Waals surface area contributed by atoms with Gasteiger partial charge in [-0.3, -0.25) is 4.79 Å². The molecule has 8 nitrogen and oxygen atoms in total. The van der Waals surface area contributed by atoms with E-state index in [1.807, 2.05) is 6.92 Å². The molecule has 9 heteroatoms. The molecule has 0 bridgehead atoms. The number of benzene rings is 2. The molecule has 2 aromatic rings. The minimum Gasteiger partial charge on any atom is -0.496 e. The van der Waals surface area contributed by atoms with E-state index >= 15 is 0 Å². The molecule has 0 aliphatic carbocycles. The number of anilines is 1. The molecule has 1 N–H and O–H groups in total. The summed E-state index contributed by atoms with van der Waals surface area (Å²) in [4.78, 5) is 24.6. The van der Waals surface area contributed by atoms with Crippen LogP contribution in [0.5, 0.6) is 5.75 Å². The highest BCUT2D eigenvalue weighted by Gasteiger charge is 2.19. The molecule has 0 saturated heterocycles. The number of nitrogens with one attached hydrogen (secondary N) is 1. The Balaban J connectivity index is 2.16. The van der Waals surface area contributed by atoms with Gasteiger partial charge < -0.3 is 14.8 Å². The van der Waals surface area contributed by atoms with Crippen molar-refractivity contribution < 1.29 is 27.5 Å². The minimum absolute atomic E-state index is 0.102. The maximum Gasteiger partial charge on any atom is 0.338 e. The Morgan fingerprint density at radius 1 is 1.10 bits per heavy atom. The average Bonchev–Trinajstić information content (AvgIpc) is 2.73. The first-order valence-corrected chi connectivity index (χ1v) is 11.2. The molecule has 0 unspecified atom stereocenters. The van der Waals surface area contributed by atoms with Crippen LogP contribution >= 0.6 is 0 Å². The Hall–Kier alpha value is -2.91. The van der Waals surface area contributed by atoms with Crippen molar-refractivity contribution in [3.05, 3.63) is 53.1 Å². The van der Waals surface area contributed by atoms with Crippen LogP contribution in [0.3, 0.4) is 0 Å². The largest absolute Gasteiger partial charge is 0.496 e. The number of hydrogen-bond donors (Lipinski definition) is 1. The van der Waals surface area contributed by atoms with E-state index in [0.717, 1.165) is 9.87 Å². The molecule has 0 aliphatic heterocycles. The second-order valence-corrected chi connectivity index (χ2v) is 9.21. The summed E-state index contributed by atoms with van der Waals surface area (Å²) in [6.07, 6.45) is 0.382. The van der Waals surface area contributed by atoms with Crippen LogP contribution < -0.4 is 10.1 Å². The van der Waals surface area contributed by atoms with Gasteiger partial charge in [0.25, 0.3) is 0 Å². The van der Waals surface area contributed by atoms with E-state index in [9.17, 15) is 18.0 Å². The summed E-state index contributed by atoms with van der Waals surface area (Å²) in [5.41, 5.74) is 2.29. The number of hydrogen-bond acceptors (Lipinski definition) is 6. The van der Waals surface area contributed by atoms with Gasteiger partial charge in [-0.15, -0.1) is 0 Å². The van der Waals surface area contributed by atoms with E-state index in [-0.39, 0.29) is 30.3 Å². The van der Waals surface area contributed by atoms with Crippen molar-refractivity contribution in [1.82, 2.24) is 4.31 Å². The summed E-state index contributed by atoms with van der Waals surface area (Å²) >= 11 is 0. The summed E-state index contributed by atoms with van der Waals surface area (Å²) < 4.78 is 36.2. The van der Waals surface area contributed by atoms with Crippen LogP contribution in [0.15, 0.2) is 41.3 Å². The first-order chi connectivity index (χ1) is 14.6. The van der Waals surface area contributed by atoms with Crippen LogP contribution in [-0.4, -0.2) is 52.4 Å². The topological polar surface area (TPSA) is 102 Å². The second kappa shape index (κ2) is 10.4. The molecular formula is C22H28N2O6S. The highest BCUT2D eigenvalue weighted by molar-refractivity contribution is 7.89. The van der Waals surface area contributed by atoms with E-state index in [1.54, 1.807) is 31.2 Å². The Bertz CT molecular complexity index is 1060. The monoisotopic (exact) mass is 448 g/mol. The lowest BCUT2D eigenvalue weighted by Crippen LogP contribution is -2.22. The predicted molar refractivity (Wildman–Crippen MR) is 118 cm³/mol. The van der Waals surface area contributed by atoms with Crippen LogP contribution in [-0.2, 0) is 26.0 Å². The van der Waals surface area contributed by atoms with Gasteiger partial charge in [-0.05, 0) is 61.7 Å². The predicted octanol–water partition coefficient (Wildman–Crippen LogP) is 3.00. The van der Waals surface area contributed by atoms with Gasteiger partial charge in [0, 0.05) is 26.2 Å². The molecule has 0 fully saturated rings. The van der Waals surface area contributed by atoms with E-state index in [4.69, 9.17) is 9.47 Å². The fourth-order valence-electron chi connectivity index (χ4n) is 2.88. The SMILES string of the molecule is CCOC(=O)c1ccc(C)c(NC(=O)CCc2cc(S(=O)(=O)N(C)C)ccc2OC)c1. The van der Waals surface area contributed by atoms with Crippen molar-refractivity contribution in [2.45, 2.75) is 31.6 Å². The smallest absolute Gasteiger partial charge is 0.338 e. The van der Waals surface area contributed by atoms with E-state index in [2.05, 4.69) is 5.32 Å².